The van der Waals surface area contributed by atoms with E-state index in [0.29, 0.717) is 31.8 Å². The molecule has 9 heteroatoms. The third kappa shape index (κ3) is 7.59. The van der Waals surface area contributed by atoms with Crippen LogP contribution in [0.15, 0.2) is 59.5 Å². The maximum absolute atomic E-state index is 13.0. The van der Waals surface area contributed by atoms with Gasteiger partial charge in [-0.3, -0.25) is 14.9 Å². The predicted molar refractivity (Wildman–Crippen MR) is 129 cm³/mol. The molecule has 2 aromatic carbocycles. The molecule has 0 fully saturated rings. The summed E-state index contributed by atoms with van der Waals surface area (Å²) in [6.45, 7) is 1.44. The predicted octanol–water partition coefficient (Wildman–Crippen LogP) is 2.52. The Morgan fingerprint density at radius 2 is 1.88 bits per heavy atom. The number of hydrogen-bond acceptors (Lipinski definition) is 6. The van der Waals surface area contributed by atoms with Gasteiger partial charge >= 0.3 is 6.03 Å². The summed E-state index contributed by atoms with van der Waals surface area (Å²) < 4.78 is 5.78. The summed E-state index contributed by atoms with van der Waals surface area (Å²) in [4.78, 5) is 40.5. The second kappa shape index (κ2) is 13.0. The van der Waals surface area contributed by atoms with Gasteiger partial charge in [0.15, 0.2) is 0 Å². The van der Waals surface area contributed by atoms with Crippen molar-refractivity contribution in [1.82, 2.24) is 10.6 Å². The number of nitrogens with one attached hydrogen (secondary N) is 2. The maximum atomic E-state index is 13.0. The first kappa shape index (κ1) is 24.8. The van der Waals surface area contributed by atoms with Gasteiger partial charge in [0.2, 0.25) is 11.8 Å². The van der Waals surface area contributed by atoms with Gasteiger partial charge in [0.05, 0.1) is 18.2 Å². The molecule has 0 aromatic heterocycles. The van der Waals surface area contributed by atoms with Crippen LogP contribution in [0.3, 0.4) is 0 Å². The molecule has 0 radical (unpaired) electrons. The molecule has 4 amide bonds. The first-order valence-corrected chi connectivity index (χ1v) is 12.0. The molecule has 2 aromatic rings. The average Bonchev–Trinajstić information content (AvgIpc) is 2.98. The molecule has 1 aliphatic rings. The number of urea groups is 1. The third-order valence-corrected chi connectivity index (χ3v) is 6.26. The highest BCUT2D eigenvalue weighted by Gasteiger charge is 2.29. The molecule has 8 nitrogen and oxygen atoms in total. The van der Waals surface area contributed by atoms with E-state index in [4.69, 9.17) is 10.5 Å². The molecule has 0 saturated heterocycles. The molecular weight excluding hydrogens is 440 g/mol. The monoisotopic (exact) mass is 470 g/mol. The first-order valence-electron chi connectivity index (χ1n) is 11.0. The molecule has 0 spiro atoms. The highest BCUT2D eigenvalue weighted by Crippen LogP contribution is 2.34. The van der Waals surface area contributed by atoms with Crippen LogP contribution in [0, 0.1) is 5.92 Å². The van der Waals surface area contributed by atoms with E-state index in [9.17, 15) is 14.4 Å². The van der Waals surface area contributed by atoms with Gasteiger partial charge in [-0.05, 0) is 24.1 Å². The zero-order valence-corrected chi connectivity index (χ0v) is 19.3. The largest absolute Gasteiger partial charge is 0.377 e. The number of carbonyl (C=O) groups is 3. The Morgan fingerprint density at radius 1 is 1.12 bits per heavy atom. The van der Waals surface area contributed by atoms with Crippen LogP contribution in [0.25, 0.3) is 0 Å². The summed E-state index contributed by atoms with van der Waals surface area (Å²) >= 11 is 1.63. The number of amides is 4. The lowest BCUT2D eigenvalue weighted by molar-refractivity contribution is -0.124. The van der Waals surface area contributed by atoms with Gasteiger partial charge in [0.1, 0.15) is 0 Å². The molecule has 1 heterocycles. The standard InChI is InChI=1S/C24H30N4O4S/c25-12-13-26-24(31)27-23(30)19(10-14-32-17-18-6-2-1-3-7-18)16-28-20-8-4-5-9-21(20)33-15-11-22(28)29/h1-9,19H,10-17,25H2,(H2,26,27,30,31)/t19-/m1/s1. The molecular formula is C24H30N4O4S. The molecule has 176 valence electrons. The molecule has 33 heavy (non-hydrogen) atoms. The summed E-state index contributed by atoms with van der Waals surface area (Å²) in [7, 11) is 0. The number of rotatable bonds is 10. The van der Waals surface area contributed by atoms with E-state index in [0.717, 1.165) is 16.1 Å². The minimum absolute atomic E-state index is 0.0389. The second-order valence-corrected chi connectivity index (χ2v) is 8.76. The molecule has 0 saturated carbocycles. The van der Waals surface area contributed by atoms with Crippen molar-refractivity contribution in [3.8, 4) is 0 Å². The van der Waals surface area contributed by atoms with Crippen molar-refractivity contribution < 1.29 is 19.1 Å². The van der Waals surface area contributed by atoms with Crippen molar-refractivity contribution in [3.05, 3.63) is 60.2 Å². The molecule has 0 unspecified atom stereocenters. The zero-order chi connectivity index (χ0) is 23.5. The number of para-hydroxylation sites is 1. The molecule has 1 atom stereocenters. The number of thioether (sulfide) groups is 1. The number of nitrogens with two attached hydrogens (primary N) is 1. The zero-order valence-electron chi connectivity index (χ0n) is 18.5. The smallest absolute Gasteiger partial charge is 0.321 e. The topological polar surface area (TPSA) is 114 Å². The lowest BCUT2D eigenvalue weighted by Crippen LogP contribution is -2.47. The van der Waals surface area contributed by atoms with Gasteiger partial charge in [0.25, 0.3) is 0 Å². The van der Waals surface area contributed by atoms with Crippen LogP contribution in [0.5, 0.6) is 0 Å². The van der Waals surface area contributed by atoms with E-state index >= 15 is 0 Å². The van der Waals surface area contributed by atoms with Gasteiger partial charge in [-0.1, -0.05) is 42.5 Å². The Morgan fingerprint density at radius 3 is 2.67 bits per heavy atom. The van der Waals surface area contributed by atoms with Gasteiger partial charge in [-0.25, -0.2) is 4.79 Å². The first-order chi connectivity index (χ1) is 16.1. The number of ether oxygens (including phenoxy) is 1. The molecule has 1 aliphatic heterocycles. The van der Waals surface area contributed by atoms with E-state index in [1.807, 2.05) is 54.6 Å². The quantitative estimate of drug-likeness (QED) is 0.460. The maximum Gasteiger partial charge on any atom is 0.321 e. The van der Waals surface area contributed by atoms with E-state index in [2.05, 4.69) is 10.6 Å². The highest BCUT2D eigenvalue weighted by molar-refractivity contribution is 7.99. The summed E-state index contributed by atoms with van der Waals surface area (Å²) in [5.41, 5.74) is 7.23. The van der Waals surface area contributed by atoms with Gasteiger partial charge in [-0.15, -0.1) is 11.8 Å². The lowest BCUT2D eigenvalue weighted by Gasteiger charge is -2.27. The number of imide groups is 1. The van der Waals surface area contributed by atoms with Crippen molar-refractivity contribution in [3.63, 3.8) is 0 Å². The molecule has 4 N–H and O–H groups in total. The minimum Gasteiger partial charge on any atom is -0.377 e. The third-order valence-electron chi connectivity index (χ3n) is 5.19. The Kier molecular flexibility index (Phi) is 9.74. The number of carbonyl (C=O) groups excluding carboxylic acids is 3. The van der Waals surface area contributed by atoms with Crippen LogP contribution in [-0.2, 0) is 20.9 Å². The fourth-order valence-corrected chi connectivity index (χ4v) is 4.48. The number of nitrogens with zero attached hydrogens (tertiary/aromatic N) is 1. The molecule has 0 aliphatic carbocycles. The van der Waals surface area contributed by atoms with Crippen molar-refractivity contribution in [2.75, 3.05) is 36.9 Å². The normalized spacial score (nSPS) is 14.2. The van der Waals surface area contributed by atoms with E-state index in [1.54, 1.807) is 16.7 Å². The van der Waals surface area contributed by atoms with E-state index in [1.165, 1.54) is 0 Å². The van der Waals surface area contributed by atoms with Crippen molar-refractivity contribution >= 4 is 35.3 Å². The summed E-state index contributed by atoms with van der Waals surface area (Å²) in [6.07, 6.45) is 0.747. The highest BCUT2D eigenvalue weighted by atomic mass is 32.2. The summed E-state index contributed by atoms with van der Waals surface area (Å²) in [6, 6.07) is 16.8. The summed E-state index contributed by atoms with van der Waals surface area (Å²) in [5.74, 6) is -0.423. The summed E-state index contributed by atoms with van der Waals surface area (Å²) in [5, 5.41) is 4.91. The SMILES string of the molecule is NCCNC(=O)NC(=O)[C@H](CCOCc1ccccc1)CN1C(=O)CCSc2ccccc21. The van der Waals surface area contributed by atoms with E-state index < -0.39 is 17.9 Å². The van der Waals surface area contributed by atoms with Gasteiger partial charge in [-0.2, -0.15) is 0 Å². The van der Waals surface area contributed by atoms with Gasteiger partial charge < -0.3 is 20.7 Å². The Hall–Kier alpha value is -2.88. The Labute approximate surface area is 198 Å². The van der Waals surface area contributed by atoms with Crippen molar-refractivity contribution in [1.29, 1.82) is 0 Å². The lowest BCUT2D eigenvalue weighted by atomic mass is 10.0. The Balaban J connectivity index is 1.69. The van der Waals surface area contributed by atoms with Crippen LogP contribution < -0.4 is 21.3 Å². The fourth-order valence-electron chi connectivity index (χ4n) is 3.48. The fraction of sp³-hybridized carbons (Fsp3) is 0.375. The van der Waals surface area contributed by atoms with E-state index in [-0.39, 0.29) is 25.5 Å². The average molecular weight is 471 g/mol. The van der Waals surface area contributed by atoms with Crippen LogP contribution in [0.2, 0.25) is 0 Å². The van der Waals surface area contributed by atoms with Crippen LogP contribution in [0.4, 0.5) is 10.5 Å². The van der Waals surface area contributed by atoms with Crippen LogP contribution in [0.1, 0.15) is 18.4 Å². The number of anilines is 1. The van der Waals surface area contributed by atoms with Crippen molar-refractivity contribution in [2.24, 2.45) is 11.7 Å². The Bertz CT molecular complexity index is 941. The number of fused-ring (bicyclic) bond motifs is 1. The number of hydrogen-bond donors (Lipinski definition) is 3. The minimum atomic E-state index is -0.621. The molecule has 0 bridgehead atoms. The van der Waals surface area contributed by atoms with Gasteiger partial charge in [0, 0.05) is 43.3 Å². The van der Waals surface area contributed by atoms with Crippen LogP contribution in [-0.4, -0.2) is 49.8 Å². The van der Waals surface area contributed by atoms with Crippen molar-refractivity contribution in [2.45, 2.75) is 24.3 Å². The second-order valence-electron chi connectivity index (χ2n) is 7.63. The number of benzene rings is 2. The molecule has 3 rings (SSSR count). The van der Waals surface area contributed by atoms with Crippen LogP contribution >= 0.6 is 11.8 Å².